The lowest BCUT2D eigenvalue weighted by atomic mass is 10.1. The minimum absolute atomic E-state index is 0.0803. The quantitative estimate of drug-likeness (QED) is 0.487. The third-order valence-electron chi connectivity index (χ3n) is 2.33. The van der Waals surface area contributed by atoms with E-state index in [2.05, 4.69) is 5.32 Å². The van der Waals surface area contributed by atoms with Gasteiger partial charge in [-0.1, -0.05) is 30.3 Å². The van der Waals surface area contributed by atoms with Crippen LogP contribution in [0.5, 0.6) is 0 Å². The Labute approximate surface area is 117 Å². The second kappa shape index (κ2) is 7.89. The number of rotatable bonds is 6. The second-order valence-electron chi connectivity index (χ2n) is 4.05. The molecule has 0 bridgehead atoms. The highest BCUT2D eigenvalue weighted by Gasteiger charge is 2.16. The van der Waals surface area contributed by atoms with Crippen molar-refractivity contribution < 1.29 is 19.1 Å². The summed E-state index contributed by atoms with van der Waals surface area (Å²) in [4.78, 5) is 34.4. The minimum atomic E-state index is -0.609. The Morgan fingerprint density at radius 2 is 1.85 bits per heavy atom. The smallest absolute Gasteiger partial charge is 0.313 e. The van der Waals surface area contributed by atoms with Gasteiger partial charge in [-0.3, -0.25) is 14.4 Å². The van der Waals surface area contributed by atoms with Gasteiger partial charge in [0, 0.05) is 6.92 Å². The molecule has 0 radical (unpaired) electrons. The molecule has 0 aliphatic carbocycles. The van der Waals surface area contributed by atoms with Crippen LogP contribution >= 0.6 is 0 Å². The van der Waals surface area contributed by atoms with Crippen molar-refractivity contribution in [3.63, 3.8) is 0 Å². The highest BCUT2D eigenvalue weighted by molar-refractivity contribution is 6.09. The van der Waals surface area contributed by atoms with Crippen molar-refractivity contribution >= 4 is 23.7 Å². The molecule has 0 fully saturated rings. The Bertz CT molecular complexity index is 520. The maximum absolute atomic E-state index is 12.0. The molecule has 1 N–H and O–H groups in total. The van der Waals surface area contributed by atoms with Gasteiger partial charge >= 0.3 is 5.97 Å². The zero-order chi connectivity index (χ0) is 15.0. The Morgan fingerprint density at radius 3 is 2.40 bits per heavy atom. The lowest BCUT2D eigenvalue weighted by molar-refractivity contribution is -0.145. The average molecular weight is 275 g/mol. The summed E-state index contributed by atoms with van der Waals surface area (Å²) in [5, 5.41) is 2.44. The average Bonchev–Trinajstić information content (AvgIpc) is 2.38. The van der Waals surface area contributed by atoms with E-state index in [0.717, 1.165) is 5.56 Å². The molecule has 0 aliphatic heterocycles. The first kappa shape index (κ1) is 15.6. The number of Topliss-reactive ketones (excluding diaryl/α,β-unsaturated/α-hetero) is 1. The fourth-order valence-corrected chi connectivity index (χ4v) is 1.53. The predicted molar refractivity (Wildman–Crippen MR) is 74.5 cm³/mol. The molecule has 5 heteroatoms. The number of benzene rings is 1. The summed E-state index contributed by atoms with van der Waals surface area (Å²) in [6, 6.07) is 9.05. The summed E-state index contributed by atoms with van der Waals surface area (Å²) in [5.74, 6) is -1.46. The van der Waals surface area contributed by atoms with Gasteiger partial charge in [0.2, 0.25) is 5.91 Å². The van der Waals surface area contributed by atoms with Crippen LogP contribution in [0.15, 0.2) is 36.0 Å². The third kappa shape index (κ3) is 5.48. The molecular formula is C15H17NO4. The Morgan fingerprint density at radius 1 is 1.20 bits per heavy atom. The summed E-state index contributed by atoms with van der Waals surface area (Å²) >= 11 is 0. The number of carbonyl (C=O) groups is 3. The number of ketones is 1. The minimum Gasteiger partial charge on any atom is -0.466 e. The van der Waals surface area contributed by atoms with Gasteiger partial charge in [-0.15, -0.1) is 0 Å². The van der Waals surface area contributed by atoms with Crippen LogP contribution in [0.2, 0.25) is 0 Å². The zero-order valence-corrected chi connectivity index (χ0v) is 11.5. The van der Waals surface area contributed by atoms with Crippen molar-refractivity contribution in [1.29, 1.82) is 0 Å². The van der Waals surface area contributed by atoms with Crippen LogP contribution < -0.4 is 5.32 Å². The Balaban J connectivity index is 2.89. The van der Waals surface area contributed by atoms with Gasteiger partial charge in [-0.2, -0.15) is 0 Å². The highest BCUT2D eigenvalue weighted by Crippen LogP contribution is 2.07. The molecule has 1 rings (SSSR count). The van der Waals surface area contributed by atoms with E-state index in [1.807, 2.05) is 18.2 Å². The summed E-state index contributed by atoms with van der Waals surface area (Å²) < 4.78 is 4.72. The number of allylic oxidation sites excluding steroid dienone is 1. The largest absolute Gasteiger partial charge is 0.466 e. The van der Waals surface area contributed by atoms with E-state index in [1.54, 1.807) is 19.1 Å². The van der Waals surface area contributed by atoms with Gasteiger partial charge < -0.3 is 10.1 Å². The van der Waals surface area contributed by atoms with E-state index in [0.29, 0.717) is 0 Å². The fourth-order valence-electron chi connectivity index (χ4n) is 1.53. The van der Waals surface area contributed by atoms with Crippen LogP contribution in [0.1, 0.15) is 25.8 Å². The van der Waals surface area contributed by atoms with Gasteiger partial charge in [-0.05, 0) is 18.6 Å². The molecule has 1 aromatic carbocycles. The molecule has 5 nitrogen and oxygen atoms in total. The van der Waals surface area contributed by atoms with E-state index in [4.69, 9.17) is 4.74 Å². The molecule has 0 unspecified atom stereocenters. The van der Waals surface area contributed by atoms with E-state index < -0.39 is 18.2 Å². The number of amides is 1. The lowest BCUT2D eigenvalue weighted by Crippen LogP contribution is -2.26. The number of esters is 1. The molecule has 0 spiro atoms. The number of hydrogen-bond donors (Lipinski definition) is 1. The SMILES string of the molecule is CCOC(=O)CC(=O)/C(=C\c1ccccc1)NC(C)=O. The van der Waals surface area contributed by atoms with Crippen LogP contribution in [0.25, 0.3) is 6.08 Å². The first-order chi connectivity index (χ1) is 9.52. The van der Waals surface area contributed by atoms with Gasteiger partial charge in [0.1, 0.15) is 6.42 Å². The topological polar surface area (TPSA) is 72.5 Å². The van der Waals surface area contributed by atoms with Crippen LogP contribution in [0.3, 0.4) is 0 Å². The molecule has 1 amide bonds. The zero-order valence-electron chi connectivity index (χ0n) is 11.5. The maximum Gasteiger partial charge on any atom is 0.313 e. The predicted octanol–water partition coefficient (Wildman–Crippen LogP) is 1.69. The molecule has 0 saturated heterocycles. The monoisotopic (exact) mass is 275 g/mol. The molecule has 0 atom stereocenters. The summed E-state index contributed by atoms with van der Waals surface area (Å²) in [6.07, 6.45) is 1.13. The van der Waals surface area contributed by atoms with Gasteiger partial charge in [0.05, 0.1) is 12.3 Å². The van der Waals surface area contributed by atoms with Gasteiger partial charge in [0.25, 0.3) is 0 Å². The van der Waals surface area contributed by atoms with Crippen molar-refractivity contribution in [3.8, 4) is 0 Å². The molecule has 0 aliphatic rings. The normalized spacial score (nSPS) is 10.8. The van der Waals surface area contributed by atoms with Crippen molar-refractivity contribution in [2.24, 2.45) is 0 Å². The van der Waals surface area contributed by atoms with Crippen molar-refractivity contribution in [2.45, 2.75) is 20.3 Å². The first-order valence-electron chi connectivity index (χ1n) is 6.26. The number of nitrogens with one attached hydrogen (secondary N) is 1. The van der Waals surface area contributed by atoms with Crippen molar-refractivity contribution in [1.82, 2.24) is 5.32 Å². The number of ether oxygens (including phenoxy) is 1. The third-order valence-corrected chi connectivity index (χ3v) is 2.33. The molecule has 0 saturated carbocycles. The molecule has 20 heavy (non-hydrogen) atoms. The summed E-state index contributed by atoms with van der Waals surface area (Å²) in [5.41, 5.74) is 0.838. The van der Waals surface area contributed by atoms with Gasteiger partial charge in [0.15, 0.2) is 5.78 Å². The van der Waals surface area contributed by atoms with Crippen LogP contribution in [-0.2, 0) is 19.1 Å². The second-order valence-corrected chi connectivity index (χ2v) is 4.05. The molecule has 0 aromatic heterocycles. The fraction of sp³-hybridized carbons (Fsp3) is 0.267. The Hall–Kier alpha value is -2.43. The Kier molecular flexibility index (Phi) is 6.16. The van der Waals surface area contributed by atoms with E-state index >= 15 is 0 Å². The number of hydrogen-bond acceptors (Lipinski definition) is 4. The van der Waals surface area contributed by atoms with Crippen LogP contribution in [0.4, 0.5) is 0 Å². The molecule has 1 aromatic rings. The van der Waals surface area contributed by atoms with Gasteiger partial charge in [-0.25, -0.2) is 0 Å². The maximum atomic E-state index is 12.0. The first-order valence-corrected chi connectivity index (χ1v) is 6.26. The molecule has 106 valence electrons. The highest BCUT2D eigenvalue weighted by atomic mass is 16.5. The molecular weight excluding hydrogens is 258 g/mol. The van der Waals surface area contributed by atoms with E-state index in [9.17, 15) is 14.4 Å². The summed E-state index contributed by atoms with van der Waals surface area (Å²) in [7, 11) is 0. The lowest BCUT2D eigenvalue weighted by Gasteiger charge is -2.07. The standard InChI is InChI=1S/C15H17NO4/c1-3-20-15(19)10-14(18)13(16-11(2)17)9-12-7-5-4-6-8-12/h4-9H,3,10H2,1-2H3,(H,16,17)/b13-9+. The number of carbonyl (C=O) groups excluding carboxylic acids is 3. The van der Waals surface area contributed by atoms with Crippen molar-refractivity contribution in [3.05, 3.63) is 41.6 Å². The van der Waals surface area contributed by atoms with E-state index in [1.165, 1.54) is 13.0 Å². The van der Waals surface area contributed by atoms with Crippen LogP contribution in [-0.4, -0.2) is 24.3 Å². The van der Waals surface area contributed by atoms with E-state index in [-0.39, 0.29) is 18.2 Å². The van der Waals surface area contributed by atoms with Crippen molar-refractivity contribution in [2.75, 3.05) is 6.61 Å². The summed E-state index contributed by atoms with van der Waals surface area (Å²) in [6.45, 7) is 3.18. The van der Waals surface area contributed by atoms with Crippen LogP contribution in [0, 0.1) is 0 Å². The molecule has 0 heterocycles.